The molecule has 3 N–H and O–H groups in total. The predicted molar refractivity (Wildman–Crippen MR) is 146 cm³/mol. The maximum absolute atomic E-state index is 16.8. The molecular weight excluding hydrogens is 509 g/mol. The zero-order chi connectivity index (χ0) is 26.8. The van der Waals surface area contributed by atoms with E-state index >= 15 is 4.39 Å². The van der Waals surface area contributed by atoms with Crippen LogP contribution in [0.5, 0.6) is 0 Å². The Morgan fingerprint density at radius 3 is 2.55 bits per heavy atom. The Morgan fingerprint density at radius 1 is 1.05 bits per heavy atom. The average Bonchev–Trinajstić information content (AvgIpc) is 2.91. The van der Waals surface area contributed by atoms with Crippen LogP contribution >= 0.6 is 11.6 Å². The number of amides is 1. The first-order chi connectivity index (χ1) is 18.4. The van der Waals surface area contributed by atoms with E-state index in [4.69, 9.17) is 16.3 Å². The van der Waals surface area contributed by atoms with Gasteiger partial charge in [0.1, 0.15) is 6.17 Å². The molecule has 218 valence electrons. The van der Waals surface area contributed by atoms with E-state index in [-0.39, 0.29) is 41.4 Å². The van der Waals surface area contributed by atoms with Crippen LogP contribution in [0.3, 0.4) is 0 Å². The molecule has 8 nitrogen and oxygen atoms in total. The molecule has 11 atom stereocenters. The molecule has 11 unspecified atom stereocenters. The third-order valence-corrected chi connectivity index (χ3v) is 10.7. The molecule has 0 spiro atoms. The Kier molecular flexibility index (Phi) is 9.88. The fraction of sp³-hybridized carbons (Fsp3) is 0.964. The Bertz CT molecular complexity index is 775. The van der Waals surface area contributed by atoms with Crippen LogP contribution < -0.4 is 10.6 Å². The Hall–Kier alpha value is -0.550. The molecule has 0 bridgehead atoms. The van der Waals surface area contributed by atoms with E-state index in [2.05, 4.69) is 20.4 Å². The number of hydrogen-bond donors (Lipinski definition) is 3. The lowest BCUT2D eigenvalue weighted by Gasteiger charge is -2.56. The molecule has 2 heterocycles. The van der Waals surface area contributed by atoms with E-state index in [1.807, 2.05) is 14.1 Å². The minimum atomic E-state index is -1.09. The van der Waals surface area contributed by atoms with Crippen LogP contribution in [0.4, 0.5) is 4.39 Å². The average molecular weight is 558 g/mol. The van der Waals surface area contributed by atoms with Gasteiger partial charge in [0.05, 0.1) is 18.9 Å². The van der Waals surface area contributed by atoms with E-state index in [0.29, 0.717) is 38.0 Å². The van der Waals surface area contributed by atoms with E-state index in [0.717, 1.165) is 58.1 Å². The molecule has 2 aliphatic heterocycles. The van der Waals surface area contributed by atoms with Crippen LogP contribution in [0.25, 0.3) is 0 Å². The second-order valence-electron chi connectivity index (χ2n) is 12.8. The van der Waals surface area contributed by atoms with Gasteiger partial charge in [0.2, 0.25) is 6.41 Å². The molecule has 5 aliphatic rings. The van der Waals surface area contributed by atoms with E-state index in [9.17, 15) is 9.90 Å². The molecule has 0 radical (unpaired) electrons. The fourth-order valence-corrected chi connectivity index (χ4v) is 8.96. The summed E-state index contributed by atoms with van der Waals surface area (Å²) in [5.41, 5.74) is 0. The number of rotatable bonds is 8. The lowest BCUT2D eigenvalue weighted by atomic mass is 9.57. The number of nitrogens with one attached hydrogen (secondary N) is 2. The maximum Gasteiger partial charge on any atom is 0.209 e. The molecule has 38 heavy (non-hydrogen) atoms. The van der Waals surface area contributed by atoms with Gasteiger partial charge in [0.15, 0.2) is 6.35 Å². The molecule has 0 aromatic rings. The first-order valence-corrected chi connectivity index (χ1v) is 15.5. The highest BCUT2D eigenvalue weighted by Crippen LogP contribution is 2.52. The number of carbonyl (C=O) groups is 1. The minimum absolute atomic E-state index is 0.00354. The molecule has 5 fully saturated rings. The Balaban J connectivity index is 1.33. The molecule has 10 heteroatoms. The molecule has 2 saturated heterocycles. The second-order valence-corrected chi connectivity index (χ2v) is 13.4. The summed E-state index contributed by atoms with van der Waals surface area (Å²) in [6.07, 6.45) is 6.87. The Labute approximate surface area is 232 Å². The van der Waals surface area contributed by atoms with Gasteiger partial charge in [-0.3, -0.25) is 20.3 Å². The highest BCUT2D eigenvalue weighted by Gasteiger charge is 2.56. The normalized spacial score (nSPS) is 44.5. The van der Waals surface area contributed by atoms with Crippen molar-refractivity contribution < 1.29 is 19.0 Å². The fourth-order valence-electron chi connectivity index (χ4n) is 8.43. The van der Waals surface area contributed by atoms with Crippen molar-refractivity contribution >= 4 is 18.0 Å². The standard InChI is InChI=1S/C28H49ClFN5O3/c1-33(2)8-5-13-38-28-31-26-22(27(32-28)35-11-9-34(17-36)10-12-35)16-23(29)24(25(26)30)21-15-19(37)14-18-6-3-4-7-20(18)21/h17-28,31-32,37H,3-16H2,1-2H3. The lowest BCUT2D eigenvalue weighted by Crippen LogP contribution is -2.74. The van der Waals surface area contributed by atoms with Gasteiger partial charge in [-0.2, -0.15) is 0 Å². The van der Waals surface area contributed by atoms with Gasteiger partial charge in [-0.1, -0.05) is 19.3 Å². The van der Waals surface area contributed by atoms with Gasteiger partial charge >= 0.3 is 0 Å². The molecule has 0 aromatic heterocycles. The largest absolute Gasteiger partial charge is 0.393 e. The number of ether oxygens (including phenoxy) is 1. The minimum Gasteiger partial charge on any atom is -0.393 e. The van der Waals surface area contributed by atoms with Crippen molar-refractivity contribution in [3.05, 3.63) is 0 Å². The summed E-state index contributed by atoms with van der Waals surface area (Å²) in [4.78, 5) is 17.6. The molecule has 3 saturated carbocycles. The number of aliphatic hydroxyl groups excluding tert-OH is 1. The van der Waals surface area contributed by atoms with E-state index in [1.54, 1.807) is 4.90 Å². The third-order valence-electron chi connectivity index (χ3n) is 10.2. The van der Waals surface area contributed by atoms with Gasteiger partial charge in [0, 0.05) is 49.4 Å². The maximum atomic E-state index is 16.8. The summed E-state index contributed by atoms with van der Waals surface area (Å²) in [5, 5.41) is 17.7. The molecular formula is C28H49ClFN5O3. The van der Waals surface area contributed by atoms with Gasteiger partial charge in [0.25, 0.3) is 0 Å². The molecule has 1 amide bonds. The smallest absolute Gasteiger partial charge is 0.209 e. The van der Waals surface area contributed by atoms with Crippen LogP contribution in [0.2, 0.25) is 0 Å². The topological polar surface area (TPSA) is 80.3 Å². The van der Waals surface area contributed by atoms with Crippen LogP contribution in [-0.4, -0.2) is 116 Å². The first kappa shape index (κ1) is 29.0. The lowest BCUT2D eigenvalue weighted by molar-refractivity contribution is -0.132. The van der Waals surface area contributed by atoms with Crippen LogP contribution in [-0.2, 0) is 9.53 Å². The van der Waals surface area contributed by atoms with E-state index in [1.165, 1.54) is 12.8 Å². The summed E-state index contributed by atoms with van der Waals surface area (Å²) in [6.45, 7) is 4.37. The Morgan fingerprint density at radius 2 is 1.82 bits per heavy atom. The molecule has 5 rings (SSSR count). The summed E-state index contributed by atoms with van der Waals surface area (Å²) in [7, 11) is 4.10. The highest BCUT2D eigenvalue weighted by molar-refractivity contribution is 6.21. The SMILES string of the molecule is CN(C)CCCOC1NC2C(F)C(C3CC(O)CC4CCCCC43)C(Cl)CC2C(N2CCN(C=O)CC2)N1. The number of nitrogens with zero attached hydrogens (tertiary/aromatic N) is 3. The predicted octanol–water partition coefficient (Wildman–Crippen LogP) is 2.06. The van der Waals surface area contributed by atoms with Crippen molar-refractivity contribution in [1.29, 1.82) is 0 Å². The van der Waals surface area contributed by atoms with Crippen molar-refractivity contribution in [1.82, 2.24) is 25.3 Å². The number of carbonyl (C=O) groups excluding carboxylic acids is 1. The summed E-state index contributed by atoms with van der Waals surface area (Å²) >= 11 is 7.14. The highest BCUT2D eigenvalue weighted by atomic mass is 35.5. The van der Waals surface area contributed by atoms with Crippen LogP contribution in [0.1, 0.15) is 51.4 Å². The van der Waals surface area contributed by atoms with Crippen molar-refractivity contribution in [2.75, 3.05) is 53.4 Å². The third kappa shape index (κ3) is 6.34. The van der Waals surface area contributed by atoms with Gasteiger partial charge in [-0.05, 0) is 70.5 Å². The zero-order valence-electron chi connectivity index (χ0n) is 23.2. The summed E-state index contributed by atoms with van der Waals surface area (Å²) in [5.74, 6) is 0.852. The van der Waals surface area contributed by atoms with Crippen molar-refractivity contribution in [3.8, 4) is 0 Å². The van der Waals surface area contributed by atoms with Crippen molar-refractivity contribution in [3.63, 3.8) is 0 Å². The molecule has 0 aromatic carbocycles. The van der Waals surface area contributed by atoms with Crippen LogP contribution in [0.15, 0.2) is 0 Å². The van der Waals surface area contributed by atoms with Gasteiger partial charge < -0.3 is 19.6 Å². The quantitative estimate of drug-likeness (QED) is 0.239. The summed E-state index contributed by atoms with van der Waals surface area (Å²) in [6, 6.07) is -0.356. The monoisotopic (exact) mass is 557 g/mol. The second kappa shape index (κ2) is 13.0. The molecule has 3 aliphatic carbocycles. The number of piperazine rings is 1. The van der Waals surface area contributed by atoms with Crippen LogP contribution in [0, 0.1) is 29.6 Å². The number of aliphatic hydroxyl groups is 1. The zero-order valence-corrected chi connectivity index (χ0v) is 23.9. The first-order valence-electron chi connectivity index (χ1n) is 15.0. The van der Waals surface area contributed by atoms with Gasteiger partial charge in [-0.25, -0.2) is 4.39 Å². The summed E-state index contributed by atoms with van der Waals surface area (Å²) < 4.78 is 23.1. The van der Waals surface area contributed by atoms with Gasteiger partial charge in [-0.15, -0.1) is 11.6 Å². The number of alkyl halides is 2. The van der Waals surface area contributed by atoms with Crippen molar-refractivity contribution in [2.24, 2.45) is 29.6 Å². The number of fused-ring (bicyclic) bond motifs is 2. The number of hydrogen-bond acceptors (Lipinski definition) is 7. The van der Waals surface area contributed by atoms with E-state index < -0.39 is 12.5 Å². The number of halogens is 2. The van der Waals surface area contributed by atoms with Crippen molar-refractivity contribution in [2.45, 2.75) is 87.6 Å².